The van der Waals surface area contributed by atoms with Crippen molar-refractivity contribution in [3.63, 3.8) is 0 Å². The predicted molar refractivity (Wildman–Crippen MR) is 327 cm³/mol. The van der Waals surface area contributed by atoms with Gasteiger partial charge in [-0.1, -0.05) is 97.8 Å². The van der Waals surface area contributed by atoms with Crippen molar-refractivity contribution in [2.45, 2.75) is 153 Å². The minimum Gasteiger partial charge on any atom is -0.507 e. The van der Waals surface area contributed by atoms with Crippen LogP contribution in [-0.2, 0) is 38.4 Å². The molecule has 4 aromatic carbocycles. The standard InChI is InChI=1S/C32H40N4O7.C19H32N4O6.C13H10O2.CH3F/c1-18(37)26(34-28(20-10-4-3-5-11-20)23-12-6-7-16-25(23)39)29(40)21-13-8-14-22(21)32(43)36-17-9-15-24(36)31(42)35-27(19(2)38)30(33)41;1-9(24)14(20)16(26)11-5-3-6-12(11)19(29)23-8-4-7-13(23)18(28)22-15(10(2)25)17(21)27;14-12-9-5-4-8-11(12)13(15)10-6-2-1-3-7-10;1-2/h3-7,10-12,16,18-19,21-22,24,26-27,37-39H,8-9,13-15,17H2,1-2H3,(H2,33,41)(H,35,42);9-15,24-25H,3-8,20H2,1-2H3,(H2,21,27)(H,22,28);1-9,14H;1H3/t18-,19-,21?,22-,24+,26+,27+;9-,10-,11?,12-,13+,14+,15+;;/m11../s1/i;;;1D. The highest BCUT2D eigenvalue weighted by Gasteiger charge is 2.48. The third-order valence-corrected chi connectivity index (χ3v) is 16.5. The highest BCUT2D eigenvalue weighted by Crippen LogP contribution is 2.39. The van der Waals surface area contributed by atoms with Gasteiger partial charge in [0.05, 0.1) is 50.3 Å². The van der Waals surface area contributed by atoms with E-state index in [-0.39, 0.29) is 40.7 Å². The molecule has 6 amide bonds. The van der Waals surface area contributed by atoms with Crippen LogP contribution in [-0.4, -0.2) is 180 Å². The van der Waals surface area contributed by atoms with Gasteiger partial charge in [0.2, 0.25) is 35.4 Å². The van der Waals surface area contributed by atoms with Gasteiger partial charge in [-0.2, -0.15) is 0 Å². The number of rotatable bonds is 21. The van der Waals surface area contributed by atoms with Crippen LogP contribution in [0.4, 0.5) is 4.39 Å². The average Bonchev–Trinajstić information content (AvgIpc) is 1.62. The van der Waals surface area contributed by atoms with Crippen LogP contribution in [0.2, 0.25) is 0 Å². The van der Waals surface area contributed by atoms with E-state index in [0.29, 0.717) is 105 Å². The number of carbonyl (C=O) groups excluding carboxylic acids is 9. The fourth-order valence-electron chi connectivity index (χ4n) is 11.8. The number of phenols is 2. The molecule has 0 radical (unpaired) electrons. The predicted octanol–water partition coefficient (Wildman–Crippen LogP) is 2.54. The number of benzene rings is 4. The Morgan fingerprint density at radius 3 is 1.30 bits per heavy atom. The van der Waals surface area contributed by atoms with Crippen LogP contribution in [0.25, 0.3) is 0 Å². The summed E-state index contributed by atoms with van der Waals surface area (Å²) in [7, 11) is -1.00. The molecule has 4 fully saturated rings. The minimum absolute atomic E-state index is 0.0198. The van der Waals surface area contributed by atoms with E-state index in [1.165, 1.54) is 49.6 Å². The third kappa shape index (κ3) is 18.4. The number of nitrogens with zero attached hydrogens (tertiary/aromatic N) is 3. The quantitative estimate of drug-likeness (QED) is 0.0422. The number of amides is 6. The Bertz CT molecular complexity index is 3140. The van der Waals surface area contributed by atoms with Crippen LogP contribution in [0.5, 0.6) is 11.5 Å². The topological polar surface area (TPSA) is 396 Å². The summed E-state index contributed by atoms with van der Waals surface area (Å²) in [4.78, 5) is 122. The highest BCUT2D eigenvalue weighted by atomic mass is 19.1. The van der Waals surface area contributed by atoms with Crippen LogP contribution < -0.4 is 27.8 Å². The van der Waals surface area contributed by atoms with Crippen molar-refractivity contribution >= 4 is 58.5 Å². The number of para-hydroxylation sites is 2. The summed E-state index contributed by atoms with van der Waals surface area (Å²) >= 11 is 0. The molecule has 14 atom stereocenters. The van der Waals surface area contributed by atoms with Gasteiger partial charge in [-0.25, -0.2) is 0 Å². The van der Waals surface area contributed by atoms with Gasteiger partial charge in [0, 0.05) is 53.5 Å². The molecule has 89 heavy (non-hydrogen) atoms. The Kier molecular flexibility index (Phi) is 26.6. The van der Waals surface area contributed by atoms with Crippen molar-refractivity contribution < 1.29 is 79.6 Å². The number of alkyl halides is 1. The smallest absolute Gasteiger partial charge is 0.243 e. The Hall–Kier alpha value is -8.29. The first kappa shape index (κ1) is 69.8. The van der Waals surface area contributed by atoms with Gasteiger partial charge in [-0.05, 0) is 103 Å². The van der Waals surface area contributed by atoms with Crippen molar-refractivity contribution in [3.05, 3.63) is 131 Å². The molecular weight excluding hydrogens is 1150 g/mol. The van der Waals surface area contributed by atoms with Crippen LogP contribution in [0, 0.1) is 23.7 Å². The molecule has 4 aliphatic rings. The fourth-order valence-corrected chi connectivity index (χ4v) is 11.8. The highest BCUT2D eigenvalue weighted by molar-refractivity contribution is 6.15. The monoisotopic (exact) mass is 1240 g/mol. The van der Waals surface area contributed by atoms with Gasteiger partial charge in [0.1, 0.15) is 41.7 Å². The van der Waals surface area contributed by atoms with E-state index in [4.69, 9.17) is 23.6 Å². The lowest BCUT2D eigenvalue weighted by molar-refractivity contribution is -0.145. The molecule has 2 aliphatic heterocycles. The Morgan fingerprint density at radius 1 is 0.528 bits per heavy atom. The number of nitrogens with two attached hydrogens (primary N) is 3. The number of carbonyl (C=O) groups is 9. The zero-order valence-electron chi connectivity index (χ0n) is 51.5. The van der Waals surface area contributed by atoms with Gasteiger partial charge in [0.25, 0.3) is 0 Å². The maximum atomic E-state index is 14.1. The lowest BCUT2D eigenvalue weighted by Gasteiger charge is -2.31. The molecule has 2 saturated carbocycles. The number of nitrogens with one attached hydrogen (secondary N) is 2. The number of halogens is 1. The van der Waals surface area contributed by atoms with Crippen LogP contribution in [0.15, 0.2) is 114 Å². The van der Waals surface area contributed by atoms with Crippen molar-refractivity contribution in [2.75, 3.05) is 20.2 Å². The zero-order chi connectivity index (χ0) is 66.5. The summed E-state index contributed by atoms with van der Waals surface area (Å²) in [5.41, 5.74) is 18.7. The van der Waals surface area contributed by atoms with Crippen molar-refractivity contribution in [1.82, 2.24) is 20.4 Å². The lowest BCUT2D eigenvalue weighted by Crippen LogP contribution is -2.56. The second-order valence-electron chi connectivity index (χ2n) is 22.8. The fraction of sp³-hybridized carbons (Fsp3) is 0.477. The molecule has 482 valence electrons. The van der Waals surface area contributed by atoms with E-state index < -0.39 is 115 Å². The maximum absolute atomic E-state index is 14.1. The van der Waals surface area contributed by atoms with E-state index in [1.54, 1.807) is 72.8 Å². The summed E-state index contributed by atoms with van der Waals surface area (Å²) in [5.74, 6) is -6.97. The minimum atomic E-state index is -1.29. The van der Waals surface area contributed by atoms with E-state index in [1.807, 2.05) is 24.3 Å². The molecule has 2 saturated heterocycles. The number of Topliss-reactive ketones (excluding diaryl/α,β-unsaturated/α-hetero) is 2. The van der Waals surface area contributed by atoms with Crippen molar-refractivity contribution in [1.29, 1.82) is 0 Å². The van der Waals surface area contributed by atoms with Gasteiger partial charge in [-0.15, -0.1) is 0 Å². The summed E-state index contributed by atoms with van der Waals surface area (Å²) in [6.45, 7) is 6.27. The molecule has 8 rings (SSSR count). The Morgan fingerprint density at radius 2 is 0.910 bits per heavy atom. The number of aliphatic hydroxyl groups excluding tert-OH is 4. The van der Waals surface area contributed by atoms with Crippen LogP contribution >= 0.6 is 0 Å². The molecule has 0 aromatic heterocycles. The second-order valence-corrected chi connectivity index (χ2v) is 22.8. The van der Waals surface area contributed by atoms with Gasteiger partial charge in [-0.3, -0.25) is 52.5 Å². The normalized spacial score (nSPS) is 22.4. The number of aliphatic imine (C=N–C) groups is 1. The Balaban J connectivity index is 0.000000267. The first-order chi connectivity index (χ1) is 42.8. The summed E-state index contributed by atoms with van der Waals surface area (Å²) in [6, 6.07) is 24.7. The van der Waals surface area contributed by atoms with E-state index in [9.17, 15) is 78.2 Å². The van der Waals surface area contributed by atoms with Crippen molar-refractivity contribution in [3.8, 4) is 11.5 Å². The number of likely N-dealkylation sites (tertiary alicyclic amines) is 2. The number of ketones is 3. The number of hydrogen-bond acceptors (Lipinski definition) is 17. The molecular formula is C65H85FN8O15. The van der Waals surface area contributed by atoms with Crippen LogP contribution in [0.3, 0.4) is 0 Å². The molecule has 14 N–H and O–H groups in total. The second kappa shape index (κ2) is 33.9. The molecule has 4 aromatic rings. The molecule has 0 spiro atoms. The number of primary amides is 2. The maximum Gasteiger partial charge on any atom is 0.243 e. The largest absolute Gasteiger partial charge is 0.507 e. The lowest BCUT2D eigenvalue weighted by atomic mass is 9.85. The first-order valence-corrected chi connectivity index (χ1v) is 29.8. The van der Waals surface area contributed by atoms with E-state index in [0.717, 1.165) is 0 Å². The number of hydrogen-bond donors (Lipinski definition) is 11. The molecule has 2 unspecified atom stereocenters. The van der Waals surface area contributed by atoms with E-state index in [2.05, 4.69) is 10.6 Å². The molecule has 23 nitrogen and oxygen atoms in total. The molecule has 2 heterocycles. The molecule has 0 bridgehead atoms. The summed E-state index contributed by atoms with van der Waals surface area (Å²) in [5, 5.41) is 64.9. The number of phenolic OH excluding ortho intramolecular Hbond substituents is 2. The van der Waals surface area contributed by atoms with E-state index >= 15 is 0 Å². The first-order valence-electron chi connectivity index (χ1n) is 30.5. The third-order valence-electron chi connectivity index (χ3n) is 16.5. The number of aliphatic hydroxyl groups is 4. The average molecular weight is 1240 g/mol. The van der Waals surface area contributed by atoms with Crippen molar-refractivity contribution in [2.24, 2.45) is 45.9 Å². The van der Waals surface area contributed by atoms with Gasteiger partial charge >= 0.3 is 0 Å². The van der Waals surface area contributed by atoms with Crippen LogP contribution in [0.1, 0.15) is 120 Å². The van der Waals surface area contributed by atoms with Gasteiger partial charge < -0.3 is 68.3 Å². The van der Waals surface area contributed by atoms with Gasteiger partial charge in [0.15, 0.2) is 17.3 Å². The zero-order valence-corrected chi connectivity index (χ0v) is 50.5. The SMILES string of the molecule is C[C@@H](O)[C@H](N)C(=O)C1CCC[C@H]1C(=O)N1CCC[C@H]1C(=O)N[C@H](C(N)=O)[C@@H](C)O.C[C@@H](O)[C@H](N=C(c1ccccc1)c1ccccc1O)C(=O)C1CCC[C@H]1C(=O)N1CCC[C@H]1C(=O)N[C@H](C(N)=O)[C@@H](C)O.O=C(c1ccccc1)c1ccccc1O.[2H]CF. The molecule has 2 aliphatic carbocycles. The Labute approximate surface area is 518 Å². The number of aromatic hydroxyl groups is 2. The summed E-state index contributed by atoms with van der Waals surface area (Å²) < 4.78 is 15.5. The summed E-state index contributed by atoms with van der Waals surface area (Å²) in [6.07, 6.45) is 0.626. The molecule has 24 heteroatoms.